The molecule has 0 spiro atoms. The Labute approximate surface area is 215 Å². The van der Waals surface area contributed by atoms with Crippen LogP contribution in [0.15, 0.2) is 77.6 Å². The van der Waals surface area contributed by atoms with E-state index in [0.717, 1.165) is 4.68 Å². The molecule has 0 aliphatic heterocycles. The predicted molar refractivity (Wildman–Crippen MR) is 134 cm³/mol. The second-order valence-electron chi connectivity index (χ2n) is 8.31. The third-order valence-electron chi connectivity index (χ3n) is 5.64. The van der Waals surface area contributed by atoms with Gasteiger partial charge < -0.3 is 15.5 Å². The molecule has 1 aromatic heterocycles. The highest BCUT2D eigenvalue weighted by Crippen LogP contribution is 2.26. The monoisotopic (exact) mass is 524 g/mol. The molecule has 0 radical (unpaired) electrons. The number of amides is 1. The number of carbonyl (C=O) groups excluding carboxylic acids is 1. The van der Waals surface area contributed by atoms with Crippen LogP contribution in [0.5, 0.6) is 0 Å². The highest BCUT2D eigenvalue weighted by atomic mass is 35.5. The van der Waals surface area contributed by atoms with Crippen molar-refractivity contribution in [3.63, 3.8) is 0 Å². The number of carboxylic acids is 1. The van der Waals surface area contributed by atoms with Gasteiger partial charge in [0.1, 0.15) is 5.82 Å². The molecule has 1 amide bonds. The number of benzene rings is 3. The number of aromatic nitrogens is 3. The molecule has 3 aromatic carbocycles. The fourth-order valence-corrected chi connectivity index (χ4v) is 3.98. The third-order valence-corrected chi connectivity index (χ3v) is 5.87. The van der Waals surface area contributed by atoms with Gasteiger partial charge in [0.15, 0.2) is 6.10 Å². The third kappa shape index (κ3) is 6.29. The second kappa shape index (κ2) is 11.2. The summed E-state index contributed by atoms with van der Waals surface area (Å²) in [6, 6.07) is 18.7. The number of nitrogens with one attached hydrogen (secondary N) is 2. The summed E-state index contributed by atoms with van der Waals surface area (Å²) in [7, 11) is 0. The van der Waals surface area contributed by atoms with Gasteiger partial charge in [-0.15, -0.1) is 5.10 Å². The maximum atomic E-state index is 14.2. The molecule has 190 valence electrons. The maximum absolute atomic E-state index is 14.2. The average Bonchev–Trinajstić information content (AvgIpc) is 3.28. The Morgan fingerprint density at radius 3 is 2.46 bits per heavy atom. The van der Waals surface area contributed by atoms with Crippen LogP contribution >= 0.6 is 11.6 Å². The quantitative estimate of drug-likeness (QED) is 0.265. The number of aliphatic hydroxyl groups excluding tert-OH is 1. The van der Waals surface area contributed by atoms with E-state index in [2.05, 4.69) is 15.4 Å². The molecule has 11 heteroatoms. The van der Waals surface area contributed by atoms with Gasteiger partial charge in [0.25, 0.3) is 5.91 Å². The number of nitrogens with zero attached hydrogens (tertiary/aromatic N) is 2. The number of aliphatic carboxylic acids is 1. The molecule has 0 saturated heterocycles. The van der Waals surface area contributed by atoms with Crippen LogP contribution in [0.4, 0.5) is 4.39 Å². The Kier molecular flexibility index (Phi) is 7.80. The van der Waals surface area contributed by atoms with Crippen molar-refractivity contribution < 1.29 is 24.2 Å². The molecule has 1 unspecified atom stereocenters. The number of rotatable bonds is 9. The molecule has 0 saturated carbocycles. The topological polar surface area (TPSA) is 137 Å². The lowest BCUT2D eigenvalue weighted by atomic mass is 9.97. The lowest BCUT2D eigenvalue weighted by Crippen LogP contribution is -2.41. The Morgan fingerprint density at radius 2 is 1.78 bits per heavy atom. The number of hydrogen-bond donors (Lipinski definition) is 4. The molecule has 4 rings (SSSR count). The largest absolute Gasteiger partial charge is 0.479 e. The van der Waals surface area contributed by atoms with E-state index < -0.39 is 35.5 Å². The molecule has 1 heterocycles. The minimum Gasteiger partial charge on any atom is -0.479 e. The second-order valence-corrected chi connectivity index (χ2v) is 8.75. The lowest BCUT2D eigenvalue weighted by molar-refractivity contribution is -0.147. The SMILES string of the molecule is O=C(NC(Cc1ccc(-c2cc(Cl)ccc2F)cc1)C[C@@H](O)C(=O)O)c1nn(-c2ccccc2)c(=O)[nH]1. The number of aromatic amines is 1. The summed E-state index contributed by atoms with van der Waals surface area (Å²) >= 11 is 5.98. The van der Waals surface area contributed by atoms with E-state index in [0.29, 0.717) is 27.4 Å². The number of hydrogen-bond acceptors (Lipinski definition) is 5. The fraction of sp³-hybridized carbons (Fsp3) is 0.154. The van der Waals surface area contributed by atoms with Crippen molar-refractivity contribution in [1.29, 1.82) is 0 Å². The minimum atomic E-state index is -1.73. The highest BCUT2D eigenvalue weighted by Gasteiger charge is 2.24. The van der Waals surface area contributed by atoms with Crippen molar-refractivity contribution in [2.45, 2.75) is 25.0 Å². The molecule has 0 aliphatic carbocycles. The van der Waals surface area contributed by atoms with Gasteiger partial charge in [-0.1, -0.05) is 54.1 Å². The zero-order valence-electron chi connectivity index (χ0n) is 19.3. The number of carboxylic acid groups (broad SMARTS) is 1. The number of H-pyrrole nitrogens is 1. The van der Waals surface area contributed by atoms with Gasteiger partial charge >= 0.3 is 11.7 Å². The standard InChI is InChI=1S/C26H22ClFN4O5/c27-17-10-11-21(28)20(13-17)16-8-6-15(7-9-16)12-18(14-22(33)25(35)36)29-24(34)23-30-26(37)32(31-23)19-4-2-1-3-5-19/h1-11,13,18,22,33H,12,14H2,(H,29,34)(H,35,36)(H,30,31,37)/t18?,22-/m1/s1. The smallest absolute Gasteiger partial charge is 0.348 e. The summed E-state index contributed by atoms with van der Waals surface area (Å²) in [6.45, 7) is 0. The van der Waals surface area contributed by atoms with E-state index in [1.54, 1.807) is 54.6 Å². The molecule has 4 N–H and O–H groups in total. The zero-order chi connectivity index (χ0) is 26.5. The van der Waals surface area contributed by atoms with Gasteiger partial charge in [-0.2, -0.15) is 4.68 Å². The van der Waals surface area contributed by atoms with E-state index in [-0.39, 0.29) is 18.7 Å². The Hall–Kier alpha value is -4.28. The predicted octanol–water partition coefficient (Wildman–Crippen LogP) is 3.20. The van der Waals surface area contributed by atoms with Gasteiger partial charge in [0.05, 0.1) is 5.69 Å². The van der Waals surface area contributed by atoms with Crippen LogP contribution in [-0.4, -0.2) is 49.0 Å². The first-order chi connectivity index (χ1) is 17.7. The van der Waals surface area contributed by atoms with E-state index in [9.17, 15) is 23.9 Å². The maximum Gasteiger partial charge on any atom is 0.348 e. The average molecular weight is 525 g/mol. The van der Waals surface area contributed by atoms with Crippen LogP contribution < -0.4 is 11.0 Å². The summed E-state index contributed by atoms with van der Waals surface area (Å²) in [5.74, 6) is -2.88. The number of para-hydroxylation sites is 1. The van der Waals surface area contributed by atoms with Gasteiger partial charge in [-0.3, -0.25) is 9.78 Å². The van der Waals surface area contributed by atoms with Crippen LogP contribution in [0, 0.1) is 5.82 Å². The first kappa shape index (κ1) is 25.8. The van der Waals surface area contributed by atoms with Crippen LogP contribution in [-0.2, 0) is 11.2 Å². The van der Waals surface area contributed by atoms with Crippen molar-refractivity contribution in [1.82, 2.24) is 20.1 Å². The molecule has 0 bridgehead atoms. The first-order valence-electron chi connectivity index (χ1n) is 11.2. The van der Waals surface area contributed by atoms with Crippen LogP contribution in [0.1, 0.15) is 22.6 Å². The van der Waals surface area contributed by atoms with Crippen molar-refractivity contribution in [2.24, 2.45) is 0 Å². The minimum absolute atomic E-state index is 0.151. The van der Waals surface area contributed by atoms with Gasteiger partial charge in [-0.25, -0.2) is 14.0 Å². The molecule has 0 fully saturated rings. The lowest BCUT2D eigenvalue weighted by Gasteiger charge is -2.20. The molecule has 2 atom stereocenters. The molecular formula is C26H22ClFN4O5. The molecule has 37 heavy (non-hydrogen) atoms. The summed E-state index contributed by atoms with van der Waals surface area (Å²) < 4.78 is 15.2. The van der Waals surface area contributed by atoms with E-state index >= 15 is 0 Å². The van der Waals surface area contributed by atoms with E-state index in [4.69, 9.17) is 16.7 Å². The zero-order valence-corrected chi connectivity index (χ0v) is 20.0. The Bertz CT molecular complexity index is 1470. The van der Waals surface area contributed by atoms with Gasteiger partial charge in [0.2, 0.25) is 5.82 Å². The van der Waals surface area contributed by atoms with E-state index in [1.165, 1.54) is 18.2 Å². The van der Waals surface area contributed by atoms with Crippen LogP contribution in [0.2, 0.25) is 5.02 Å². The normalized spacial score (nSPS) is 12.6. The fourth-order valence-electron chi connectivity index (χ4n) is 3.81. The molecule has 0 aliphatic rings. The molecule has 4 aromatic rings. The van der Waals surface area contributed by atoms with Crippen LogP contribution in [0.3, 0.4) is 0 Å². The van der Waals surface area contributed by atoms with Crippen molar-refractivity contribution >= 4 is 23.5 Å². The van der Waals surface area contributed by atoms with E-state index in [1.807, 2.05) is 0 Å². The Balaban J connectivity index is 1.53. The van der Waals surface area contributed by atoms with Crippen molar-refractivity contribution in [3.8, 4) is 16.8 Å². The van der Waals surface area contributed by atoms with Crippen molar-refractivity contribution in [3.05, 3.63) is 106 Å². The van der Waals surface area contributed by atoms with Gasteiger partial charge in [-0.05, 0) is 47.9 Å². The van der Waals surface area contributed by atoms with Gasteiger partial charge in [0, 0.05) is 23.0 Å². The molecular weight excluding hydrogens is 503 g/mol. The van der Waals surface area contributed by atoms with Crippen LogP contribution in [0.25, 0.3) is 16.8 Å². The summed E-state index contributed by atoms with van der Waals surface area (Å²) in [4.78, 5) is 38.8. The van der Waals surface area contributed by atoms with Crippen molar-refractivity contribution in [2.75, 3.05) is 0 Å². The summed E-state index contributed by atoms with van der Waals surface area (Å²) in [6.07, 6.45) is -1.88. The number of carbonyl (C=O) groups is 2. The number of aliphatic hydroxyl groups is 1. The number of halogens is 2. The summed E-state index contributed by atoms with van der Waals surface area (Å²) in [5, 5.41) is 26.1. The summed E-state index contributed by atoms with van der Waals surface area (Å²) in [5.41, 5.74) is 1.43. The Morgan fingerprint density at radius 1 is 1.08 bits per heavy atom. The highest BCUT2D eigenvalue weighted by molar-refractivity contribution is 6.30. The molecule has 9 nitrogen and oxygen atoms in total. The first-order valence-corrected chi connectivity index (χ1v) is 11.6.